The van der Waals surface area contributed by atoms with E-state index in [1.807, 2.05) is 0 Å². The third-order valence-electron chi connectivity index (χ3n) is 3.53. The first-order chi connectivity index (χ1) is 8.59. The van der Waals surface area contributed by atoms with E-state index in [-0.39, 0.29) is 5.78 Å². The van der Waals surface area contributed by atoms with E-state index >= 15 is 0 Å². The second kappa shape index (κ2) is 5.29. The molecule has 0 spiro atoms. The molecule has 1 aromatic rings. The molecule has 0 radical (unpaired) electrons. The van der Waals surface area contributed by atoms with Gasteiger partial charge < -0.3 is 9.90 Å². The van der Waals surface area contributed by atoms with Gasteiger partial charge in [-0.1, -0.05) is 12.8 Å². The number of carbonyl (C=O) groups is 2. The SMILES string of the molecule is O=C([O-])[C@H]1CCCC[C@H]1C(=O)c1ccc(F)cc1. The fraction of sp³-hybridized carbons (Fsp3) is 0.429. The summed E-state index contributed by atoms with van der Waals surface area (Å²) in [4.78, 5) is 23.2. The number of aliphatic carboxylic acids is 1. The lowest BCUT2D eigenvalue weighted by Crippen LogP contribution is -2.40. The summed E-state index contributed by atoms with van der Waals surface area (Å²) in [7, 11) is 0. The van der Waals surface area contributed by atoms with Crippen LogP contribution in [0.3, 0.4) is 0 Å². The van der Waals surface area contributed by atoms with Gasteiger partial charge in [0.2, 0.25) is 0 Å². The third-order valence-corrected chi connectivity index (χ3v) is 3.53. The zero-order valence-electron chi connectivity index (χ0n) is 9.90. The molecule has 0 aliphatic heterocycles. The van der Waals surface area contributed by atoms with Crippen molar-refractivity contribution in [3.05, 3.63) is 35.6 Å². The van der Waals surface area contributed by atoms with Crippen molar-refractivity contribution in [3.63, 3.8) is 0 Å². The highest BCUT2D eigenvalue weighted by molar-refractivity contribution is 5.99. The Hall–Kier alpha value is -1.71. The van der Waals surface area contributed by atoms with E-state index in [0.29, 0.717) is 18.4 Å². The molecule has 2 atom stereocenters. The van der Waals surface area contributed by atoms with Gasteiger partial charge >= 0.3 is 0 Å². The number of Topliss-reactive ketones (excluding diaryl/α,β-unsaturated/α-hetero) is 1. The summed E-state index contributed by atoms with van der Waals surface area (Å²) in [6.07, 6.45) is 2.71. The Bertz CT molecular complexity index is 453. The summed E-state index contributed by atoms with van der Waals surface area (Å²) in [5.41, 5.74) is 0.370. The topological polar surface area (TPSA) is 57.2 Å². The van der Waals surface area contributed by atoms with Gasteiger partial charge in [-0.3, -0.25) is 4.79 Å². The van der Waals surface area contributed by atoms with Crippen LogP contribution in [0.4, 0.5) is 4.39 Å². The van der Waals surface area contributed by atoms with Crippen LogP contribution in [-0.2, 0) is 4.79 Å². The van der Waals surface area contributed by atoms with Crippen molar-refractivity contribution >= 4 is 11.8 Å². The van der Waals surface area contributed by atoms with Crippen LogP contribution in [0.1, 0.15) is 36.0 Å². The highest BCUT2D eigenvalue weighted by atomic mass is 19.1. The number of halogens is 1. The van der Waals surface area contributed by atoms with Crippen molar-refractivity contribution in [1.82, 2.24) is 0 Å². The number of carbonyl (C=O) groups excluding carboxylic acids is 2. The van der Waals surface area contributed by atoms with Gasteiger partial charge in [-0.15, -0.1) is 0 Å². The molecule has 0 bridgehead atoms. The maximum absolute atomic E-state index is 12.8. The number of benzene rings is 1. The lowest BCUT2D eigenvalue weighted by atomic mass is 9.75. The molecule has 0 aromatic heterocycles. The van der Waals surface area contributed by atoms with E-state index in [9.17, 15) is 19.1 Å². The molecule has 96 valence electrons. The first kappa shape index (κ1) is 12.7. The zero-order valence-corrected chi connectivity index (χ0v) is 9.90. The lowest BCUT2D eigenvalue weighted by molar-refractivity contribution is -0.313. The molecule has 0 unspecified atom stereocenters. The maximum Gasteiger partial charge on any atom is 0.166 e. The van der Waals surface area contributed by atoms with Gasteiger partial charge in [-0.05, 0) is 37.1 Å². The van der Waals surface area contributed by atoms with Crippen molar-refractivity contribution in [2.24, 2.45) is 11.8 Å². The molecule has 3 nitrogen and oxygen atoms in total. The third kappa shape index (κ3) is 2.58. The molecule has 1 aliphatic rings. The maximum atomic E-state index is 12.8. The largest absolute Gasteiger partial charge is 0.550 e. The average molecular weight is 249 g/mol. The van der Waals surface area contributed by atoms with Gasteiger partial charge in [0.15, 0.2) is 5.78 Å². The van der Waals surface area contributed by atoms with Crippen LogP contribution < -0.4 is 5.11 Å². The minimum Gasteiger partial charge on any atom is -0.550 e. The quantitative estimate of drug-likeness (QED) is 0.764. The van der Waals surface area contributed by atoms with Gasteiger partial charge in [0.1, 0.15) is 5.82 Å². The van der Waals surface area contributed by atoms with Crippen molar-refractivity contribution in [2.75, 3.05) is 0 Å². The number of hydrogen-bond donors (Lipinski definition) is 0. The molecule has 1 saturated carbocycles. The Balaban J connectivity index is 2.20. The molecule has 1 fully saturated rings. The van der Waals surface area contributed by atoms with Crippen LogP contribution in [0.25, 0.3) is 0 Å². The summed E-state index contributed by atoms with van der Waals surface area (Å²) in [5.74, 6) is -3.03. The number of rotatable bonds is 3. The van der Waals surface area contributed by atoms with E-state index in [0.717, 1.165) is 12.8 Å². The van der Waals surface area contributed by atoms with Crippen LogP contribution in [0.5, 0.6) is 0 Å². The molecule has 0 saturated heterocycles. The molecule has 1 aliphatic carbocycles. The first-order valence-electron chi connectivity index (χ1n) is 6.10. The van der Waals surface area contributed by atoms with Crippen molar-refractivity contribution in [1.29, 1.82) is 0 Å². The van der Waals surface area contributed by atoms with Crippen molar-refractivity contribution in [3.8, 4) is 0 Å². The molecule has 1 aromatic carbocycles. The second-order valence-electron chi connectivity index (χ2n) is 4.69. The molecule has 2 rings (SSSR count). The van der Waals surface area contributed by atoms with Crippen molar-refractivity contribution < 1.29 is 19.1 Å². The zero-order chi connectivity index (χ0) is 13.1. The lowest BCUT2D eigenvalue weighted by Gasteiger charge is -2.31. The fourth-order valence-corrected chi connectivity index (χ4v) is 2.56. The van der Waals surface area contributed by atoms with Gasteiger partial charge in [-0.2, -0.15) is 0 Å². The predicted octanol–water partition coefficient (Wildman–Crippen LogP) is 1.56. The van der Waals surface area contributed by atoms with E-state index in [2.05, 4.69) is 0 Å². The molecule has 18 heavy (non-hydrogen) atoms. The number of carboxylic acid groups (broad SMARTS) is 1. The van der Waals surface area contributed by atoms with Gasteiger partial charge in [0, 0.05) is 23.4 Å². The van der Waals surface area contributed by atoms with Crippen LogP contribution in [0.2, 0.25) is 0 Å². The van der Waals surface area contributed by atoms with E-state index < -0.39 is 23.6 Å². The van der Waals surface area contributed by atoms with Gasteiger partial charge in [0.25, 0.3) is 0 Å². The van der Waals surface area contributed by atoms with E-state index in [1.54, 1.807) is 0 Å². The molecular weight excluding hydrogens is 235 g/mol. The molecule has 0 amide bonds. The summed E-state index contributed by atoms with van der Waals surface area (Å²) in [6.45, 7) is 0. The molecule has 0 heterocycles. The Morgan fingerprint density at radius 1 is 1.06 bits per heavy atom. The second-order valence-corrected chi connectivity index (χ2v) is 4.69. The molecule has 0 N–H and O–H groups in total. The standard InChI is InChI=1S/C14H15FO3/c15-10-7-5-9(6-8-10)13(16)11-3-1-2-4-12(11)14(17)18/h5-8,11-12H,1-4H2,(H,17,18)/p-1/t11-,12+/m1/s1. The number of carboxylic acids is 1. The Kier molecular flexibility index (Phi) is 3.75. The first-order valence-corrected chi connectivity index (χ1v) is 6.10. The van der Waals surface area contributed by atoms with Gasteiger partial charge in [-0.25, -0.2) is 4.39 Å². The van der Waals surface area contributed by atoms with Crippen LogP contribution in [0, 0.1) is 17.7 Å². The predicted molar refractivity (Wildman–Crippen MR) is 61.2 cm³/mol. The Labute approximate surface area is 105 Å². The van der Waals surface area contributed by atoms with Crippen LogP contribution >= 0.6 is 0 Å². The van der Waals surface area contributed by atoms with E-state index in [1.165, 1.54) is 24.3 Å². The van der Waals surface area contributed by atoms with Gasteiger partial charge in [0.05, 0.1) is 0 Å². The Morgan fingerprint density at radius 3 is 2.17 bits per heavy atom. The minimum atomic E-state index is -1.16. The summed E-state index contributed by atoms with van der Waals surface area (Å²) in [5, 5.41) is 11.0. The highest BCUT2D eigenvalue weighted by Crippen LogP contribution is 2.32. The molecule has 4 heteroatoms. The normalized spacial score (nSPS) is 23.6. The fourth-order valence-electron chi connectivity index (χ4n) is 2.56. The highest BCUT2D eigenvalue weighted by Gasteiger charge is 2.32. The number of ketones is 1. The molecular formula is C14H14FO3-. The number of hydrogen-bond acceptors (Lipinski definition) is 3. The van der Waals surface area contributed by atoms with E-state index in [4.69, 9.17) is 0 Å². The Morgan fingerprint density at radius 2 is 1.61 bits per heavy atom. The summed E-state index contributed by atoms with van der Waals surface area (Å²) >= 11 is 0. The van der Waals surface area contributed by atoms with Crippen LogP contribution in [-0.4, -0.2) is 11.8 Å². The van der Waals surface area contributed by atoms with Crippen LogP contribution in [0.15, 0.2) is 24.3 Å². The average Bonchev–Trinajstić information content (AvgIpc) is 2.39. The monoisotopic (exact) mass is 249 g/mol. The summed E-state index contributed by atoms with van der Waals surface area (Å²) in [6, 6.07) is 5.23. The minimum absolute atomic E-state index is 0.219. The van der Waals surface area contributed by atoms with Crippen molar-refractivity contribution in [2.45, 2.75) is 25.7 Å². The summed E-state index contributed by atoms with van der Waals surface area (Å²) < 4.78 is 12.8. The smallest absolute Gasteiger partial charge is 0.166 e.